The topological polar surface area (TPSA) is 77.5 Å². The SMILES string of the molecule is COC(=O)N1CCN(CC(O)COc2ccc(CN3C[C@H]4CNC[C@H]4C3)cc2)CC1.Cl.Cl. The lowest BCUT2D eigenvalue weighted by Gasteiger charge is -2.34. The number of aliphatic hydroxyl groups excluding tert-OH is 1. The first-order chi connectivity index (χ1) is 14.6. The molecule has 182 valence electrons. The van der Waals surface area contributed by atoms with Crippen LogP contribution in [-0.2, 0) is 11.3 Å². The molecule has 1 unspecified atom stereocenters. The summed E-state index contributed by atoms with van der Waals surface area (Å²) < 4.78 is 10.5. The number of fused-ring (bicyclic) bond motifs is 1. The van der Waals surface area contributed by atoms with Gasteiger partial charge in [0.05, 0.1) is 7.11 Å². The molecule has 0 saturated carbocycles. The van der Waals surface area contributed by atoms with Gasteiger partial charge >= 0.3 is 6.09 Å². The summed E-state index contributed by atoms with van der Waals surface area (Å²) in [5.74, 6) is 2.42. The summed E-state index contributed by atoms with van der Waals surface area (Å²) in [7, 11) is 1.40. The minimum Gasteiger partial charge on any atom is -0.491 e. The van der Waals surface area contributed by atoms with Crippen LogP contribution in [0, 0.1) is 11.8 Å². The molecule has 1 aromatic rings. The normalized spacial score (nSPS) is 24.2. The van der Waals surface area contributed by atoms with Gasteiger partial charge in [0.25, 0.3) is 0 Å². The highest BCUT2D eigenvalue weighted by molar-refractivity contribution is 5.85. The third-order valence-electron chi connectivity index (χ3n) is 6.51. The maximum atomic E-state index is 11.5. The van der Waals surface area contributed by atoms with Crippen LogP contribution in [0.25, 0.3) is 0 Å². The molecule has 0 aliphatic carbocycles. The highest BCUT2D eigenvalue weighted by atomic mass is 35.5. The fourth-order valence-electron chi connectivity index (χ4n) is 4.82. The zero-order chi connectivity index (χ0) is 20.9. The summed E-state index contributed by atoms with van der Waals surface area (Å²) in [6, 6.07) is 8.24. The van der Waals surface area contributed by atoms with Gasteiger partial charge in [0.1, 0.15) is 18.5 Å². The molecule has 3 aliphatic rings. The van der Waals surface area contributed by atoms with Gasteiger partial charge in [0, 0.05) is 52.4 Å². The van der Waals surface area contributed by atoms with Crippen molar-refractivity contribution in [1.29, 1.82) is 0 Å². The minimum absolute atomic E-state index is 0. The zero-order valence-electron chi connectivity index (χ0n) is 18.6. The number of likely N-dealkylation sites (tertiary alicyclic amines) is 1. The van der Waals surface area contributed by atoms with Crippen molar-refractivity contribution in [3.8, 4) is 5.75 Å². The molecule has 2 N–H and O–H groups in total. The van der Waals surface area contributed by atoms with Crippen LogP contribution >= 0.6 is 24.8 Å². The number of benzene rings is 1. The molecular weight excluding hydrogens is 455 g/mol. The van der Waals surface area contributed by atoms with E-state index in [0.29, 0.717) is 19.6 Å². The predicted molar refractivity (Wildman–Crippen MR) is 128 cm³/mol. The fraction of sp³-hybridized carbons (Fsp3) is 0.682. The van der Waals surface area contributed by atoms with E-state index in [4.69, 9.17) is 9.47 Å². The molecule has 1 amide bonds. The molecule has 0 bridgehead atoms. The van der Waals surface area contributed by atoms with E-state index in [2.05, 4.69) is 27.2 Å². The number of β-amino-alcohol motifs (C(OH)–C–C–N with tert-alkyl or cyclic N) is 1. The molecular formula is C22H36Cl2N4O4. The maximum absolute atomic E-state index is 11.5. The molecule has 4 rings (SSSR count). The Morgan fingerprint density at radius 2 is 1.69 bits per heavy atom. The van der Waals surface area contributed by atoms with Gasteiger partial charge in [-0.2, -0.15) is 0 Å². The summed E-state index contributed by atoms with van der Waals surface area (Å²) in [5.41, 5.74) is 1.30. The van der Waals surface area contributed by atoms with Crippen LogP contribution in [0.5, 0.6) is 5.75 Å². The van der Waals surface area contributed by atoms with E-state index in [0.717, 1.165) is 50.3 Å². The van der Waals surface area contributed by atoms with E-state index >= 15 is 0 Å². The summed E-state index contributed by atoms with van der Waals surface area (Å²) >= 11 is 0. The Balaban J connectivity index is 0.00000181. The Kier molecular flexibility index (Phi) is 10.8. The largest absolute Gasteiger partial charge is 0.491 e. The number of methoxy groups -OCH3 is 1. The summed E-state index contributed by atoms with van der Waals surface area (Å²) in [6.45, 7) is 9.21. The van der Waals surface area contributed by atoms with Gasteiger partial charge in [-0.1, -0.05) is 12.1 Å². The van der Waals surface area contributed by atoms with Crippen LogP contribution in [0.15, 0.2) is 24.3 Å². The molecule has 3 atom stereocenters. The van der Waals surface area contributed by atoms with Gasteiger partial charge in [-0.25, -0.2) is 4.79 Å². The number of carbonyl (C=O) groups excluding carboxylic acids is 1. The average molecular weight is 491 g/mol. The van der Waals surface area contributed by atoms with Crippen LogP contribution in [0.3, 0.4) is 0 Å². The number of nitrogens with one attached hydrogen (secondary N) is 1. The first-order valence-electron chi connectivity index (χ1n) is 11.0. The van der Waals surface area contributed by atoms with E-state index in [9.17, 15) is 9.90 Å². The van der Waals surface area contributed by atoms with Gasteiger partial charge in [-0.15, -0.1) is 24.8 Å². The standard InChI is InChI=1S/C22H34N4O4.2ClH/c1-29-22(28)26-8-6-24(7-9-26)15-20(27)16-30-21-4-2-17(3-5-21)12-25-13-18-10-23-11-19(18)14-25;;/h2-5,18-20,23,27H,6-16H2,1H3;2*1H/t18-,19+,20?;;. The number of ether oxygens (including phenoxy) is 2. The van der Waals surface area contributed by atoms with Gasteiger partial charge in [-0.3, -0.25) is 9.80 Å². The second-order valence-electron chi connectivity index (χ2n) is 8.74. The van der Waals surface area contributed by atoms with Crippen molar-refractivity contribution in [3.63, 3.8) is 0 Å². The molecule has 0 aromatic heterocycles. The Hall–Kier alpha value is -1.29. The van der Waals surface area contributed by atoms with Crippen LogP contribution in [0.2, 0.25) is 0 Å². The van der Waals surface area contributed by atoms with Crippen molar-refractivity contribution in [2.75, 3.05) is 72.6 Å². The molecule has 0 radical (unpaired) electrons. The van der Waals surface area contributed by atoms with Crippen LogP contribution < -0.4 is 10.1 Å². The molecule has 3 heterocycles. The number of piperazine rings is 1. The summed E-state index contributed by atoms with van der Waals surface area (Å²) in [6.07, 6.45) is -0.849. The Morgan fingerprint density at radius 1 is 1.06 bits per heavy atom. The molecule has 3 fully saturated rings. The van der Waals surface area contributed by atoms with Gasteiger partial charge in [0.2, 0.25) is 0 Å². The first-order valence-corrected chi connectivity index (χ1v) is 11.0. The Morgan fingerprint density at radius 3 is 2.28 bits per heavy atom. The number of aliphatic hydroxyl groups is 1. The Labute approximate surface area is 203 Å². The fourth-order valence-corrected chi connectivity index (χ4v) is 4.82. The molecule has 10 heteroatoms. The smallest absolute Gasteiger partial charge is 0.409 e. The van der Waals surface area contributed by atoms with E-state index in [1.165, 1.54) is 25.8 Å². The minimum atomic E-state index is -0.563. The van der Waals surface area contributed by atoms with E-state index in [1.54, 1.807) is 4.90 Å². The van der Waals surface area contributed by atoms with Crippen molar-refractivity contribution in [3.05, 3.63) is 29.8 Å². The maximum Gasteiger partial charge on any atom is 0.409 e. The molecule has 1 aromatic carbocycles. The van der Waals surface area contributed by atoms with E-state index in [1.807, 2.05) is 12.1 Å². The number of carbonyl (C=O) groups is 1. The molecule has 32 heavy (non-hydrogen) atoms. The monoisotopic (exact) mass is 490 g/mol. The second kappa shape index (κ2) is 12.8. The number of rotatable bonds is 7. The quantitative estimate of drug-likeness (QED) is 0.596. The number of hydrogen-bond acceptors (Lipinski definition) is 7. The van der Waals surface area contributed by atoms with E-state index in [-0.39, 0.29) is 37.5 Å². The van der Waals surface area contributed by atoms with Crippen LogP contribution in [0.1, 0.15) is 5.56 Å². The Bertz CT molecular complexity index is 692. The lowest BCUT2D eigenvalue weighted by atomic mass is 10.0. The molecule has 3 aliphatic heterocycles. The predicted octanol–water partition coefficient (Wildman–Crippen LogP) is 1.31. The lowest BCUT2D eigenvalue weighted by Crippen LogP contribution is -2.50. The van der Waals surface area contributed by atoms with Crippen molar-refractivity contribution >= 4 is 30.9 Å². The van der Waals surface area contributed by atoms with Crippen molar-refractivity contribution in [2.24, 2.45) is 11.8 Å². The van der Waals surface area contributed by atoms with Gasteiger partial charge < -0.3 is 24.8 Å². The molecule has 3 saturated heterocycles. The zero-order valence-corrected chi connectivity index (χ0v) is 20.3. The average Bonchev–Trinajstić information content (AvgIpc) is 3.35. The van der Waals surface area contributed by atoms with Gasteiger partial charge in [-0.05, 0) is 42.6 Å². The highest BCUT2D eigenvalue weighted by Gasteiger charge is 2.35. The second-order valence-corrected chi connectivity index (χ2v) is 8.74. The highest BCUT2D eigenvalue weighted by Crippen LogP contribution is 2.27. The number of nitrogens with zero attached hydrogens (tertiary/aromatic N) is 3. The van der Waals surface area contributed by atoms with Crippen molar-refractivity contribution < 1.29 is 19.4 Å². The van der Waals surface area contributed by atoms with Gasteiger partial charge in [0.15, 0.2) is 0 Å². The number of halogens is 2. The van der Waals surface area contributed by atoms with E-state index < -0.39 is 6.10 Å². The lowest BCUT2D eigenvalue weighted by molar-refractivity contribution is 0.0435. The third-order valence-corrected chi connectivity index (χ3v) is 6.51. The van der Waals surface area contributed by atoms with Crippen LogP contribution in [0.4, 0.5) is 4.79 Å². The third kappa shape index (κ3) is 7.10. The number of amides is 1. The first kappa shape index (κ1) is 27.0. The molecule has 0 spiro atoms. The number of hydrogen-bond donors (Lipinski definition) is 2. The molecule has 8 nitrogen and oxygen atoms in total. The van der Waals surface area contributed by atoms with Crippen LogP contribution in [-0.4, -0.2) is 105 Å². The summed E-state index contributed by atoms with van der Waals surface area (Å²) in [4.78, 5) is 17.9. The van der Waals surface area contributed by atoms with Crippen molar-refractivity contribution in [2.45, 2.75) is 12.6 Å². The summed E-state index contributed by atoms with van der Waals surface area (Å²) in [5, 5.41) is 13.8. The van der Waals surface area contributed by atoms with Crippen molar-refractivity contribution in [1.82, 2.24) is 20.0 Å².